The minimum atomic E-state index is -0.780. The average molecular weight is 364 g/mol. The van der Waals surface area contributed by atoms with Gasteiger partial charge in [0.25, 0.3) is 5.91 Å². The van der Waals surface area contributed by atoms with Crippen LogP contribution in [0.3, 0.4) is 0 Å². The Kier molecular flexibility index (Phi) is 3.85. The first-order valence-corrected chi connectivity index (χ1v) is 9.44. The summed E-state index contributed by atoms with van der Waals surface area (Å²) in [5.41, 5.74) is 4.52. The van der Waals surface area contributed by atoms with E-state index in [0.717, 1.165) is 49.1 Å². The first-order chi connectivity index (χ1) is 13.2. The lowest BCUT2D eigenvalue weighted by Crippen LogP contribution is -2.32. The summed E-state index contributed by atoms with van der Waals surface area (Å²) in [5, 5.41) is 2.21. The molecule has 2 unspecified atom stereocenters. The number of alkyl carbamates (subject to hydrolysis) is 1. The highest BCUT2D eigenvalue weighted by atomic mass is 16.6. The third-order valence-corrected chi connectivity index (χ3v) is 5.73. The number of carbonyl (C=O) groups is 2. The maximum absolute atomic E-state index is 12.0. The van der Waals surface area contributed by atoms with Crippen LogP contribution in [0.1, 0.15) is 53.7 Å². The van der Waals surface area contributed by atoms with E-state index in [2.05, 4.69) is 28.5 Å². The largest absolute Gasteiger partial charge is 0.484 e. The lowest BCUT2D eigenvalue weighted by atomic mass is 9.83. The van der Waals surface area contributed by atoms with Crippen LogP contribution in [-0.4, -0.2) is 23.1 Å². The van der Waals surface area contributed by atoms with Gasteiger partial charge in [0, 0.05) is 5.92 Å². The minimum absolute atomic E-state index is 0.0574. The van der Waals surface area contributed by atoms with E-state index in [1.807, 2.05) is 12.1 Å². The standard InChI is InChI=1S/C21H20N2O4/c24-20-19(27-21(25)23-20)16-7-3-5-13-10-14(11-22-18(13)16)26-17-9-8-12-4-1-2-6-15(12)17/h1-2,4,6,10-11,16-17,19H,3,5,7-9H2,(H,23,24,25)/t16-,17?,19?/m1/s1. The Bertz CT molecular complexity index is 926. The number of carbonyl (C=O) groups excluding carboxylic acids is 2. The number of nitrogens with zero attached hydrogens (tertiary/aromatic N) is 1. The Balaban J connectivity index is 1.39. The maximum atomic E-state index is 12.0. The highest BCUT2D eigenvalue weighted by Gasteiger charge is 2.42. The molecule has 1 saturated heterocycles. The molecule has 0 spiro atoms. The molecule has 1 fully saturated rings. The number of imide groups is 1. The first-order valence-electron chi connectivity index (χ1n) is 9.44. The van der Waals surface area contributed by atoms with Crippen molar-refractivity contribution in [3.8, 4) is 5.75 Å². The molecular weight excluding hydrogens is 344 g/mol. The predicted molar refractivity (Wildman–Crippen MR) is 96.5 cm³/mol. The Labute approximate surface area is 156 Å². The van der Waals surface area contributed by atoms with Gasteiger partial charge in [-0.2, -0.15) is 0 Å². The van der Waals surface area contributed by atoms with Crippen LogP contribution in [-0.2, 0) is 22.4 Å². The van der Waals surface area contributed by atoms with Crippen LogP contribution >= 0.6 is 0 Å². The van der Waals surface area contributed by atoms with E-state index in [-0.39, 0.29) is 17.9 Å². The first kappa shape index (κ1) is 16.3. The fourth-order valence-electron chi connectivity index (χ4n) is 4.48. The third kappa shape index (κ3) is 2.85. The van der Waals surface area contributed by atoms with Gasteiger partial charge in [-0.3, -0.25) is 15.1 Å². The molecule has 2 amide bonds. The average Bonchev–Trinajstić information content (AvgIpc) is 3.24. The Morgan fingerprint density at radius 3 is 2.85 bits per heavy atom. The summed E-state index contributed by atoms with van der Waals surface area (Å²) in [5.74, 6) is 0.188. The topological polar surface area (TPSA) is 77.5 Å². The number of fused-ring (bicyclic) bond motifs is 2. The van der Waals surface area contributed by atoms with Gasteiger partial charge >= 0.3 is 6.09 Å². The molecule has 5 rings (SSSR count). The van der Waals surface area contributed by atoms with E-state index in [4.69, 9.17) is 9.47 Å². The molecule has 3 atom stereocenters. The fourth-order valence-corrected chi connectivity index (χ4v) is 4.48. The second kappa shape index (κ2) is 6.37. The van der Waals surface area contributed by atoms with Crippen LogP contribution < -0.4 is 10.1 Å². The van der Waals surface area contributed by atoms with Gasteiger partial charge in [-0.25, -0.2) is 4.79 Å². The van der Waals surface area contributed by atoms with Crippen LogP contribution in [0.2, 0.25) is 0 Å². The minimum Gasteiger partial charge on any atom is -0.484 e. The summed E-state index contributed by atoms with van der Waals surface area (Å²) in [6.07, 6.45) is 4.93. The van der Waals surface area contributed by atoms with Crippen LogP contribution in [0, 0.1) is 0 Å². The van der Waals surface area contributed by atoms with Crippen molar-refractivity contribution in [2.45, 2.75) is 50.2 Å². The van der Waals surface area contributed by atoms with Gasteiger partial charge in [-0.1, -0.05) is 24.3 Å². The smallest absolute Gasteiger partial charge is 0.414 e. The molecular formula is C21H20N2O4. The van der Waals surface area contributed by atoms with E-state index in [9.17, 15) is 9.59 Å². The molecule has 27 heavy (non-hydrogen) atoms. The van der Waals surface area contributed by atoms with Gasteiger partial charge in [-0.05, 0) is 54.9 Å². The molecule has 3 aliphatic rings. The molecule has 1 aliphatic heterocycles. The van der Waals surface area contributed by atoms with Crippen LogP contribution in [0.25, 0.3) is 0 Å². The number of amides is 2. The molecule has 2 aromatic rings. The summed E-state index contributed by atoms with van der Waals surface area (Å²) in [7, 11) is 0. The van der Waals surface area contributed by atoms with Gasteiger partial charge < -0.3 is 9.47 Å². The lowest BCUT2D eigenvalue weighted by Gasteiger charge is -2.27. The molecule has 1 aromatic heterocycles. The van der Waals surface area contributed by atoms with E-state index in [1.54, 1.807) is 6.20 Å². The van der Waals surface area contributed by atoms with E-state index in [1.165, 1.54) is 11.1 Å². The molecule has 0 bridgehead atoms. The van der Waals surface area contributed by atoms with E-state index >= 15 is 0 Å². The van der Waals surface area contributed by atoms with Crippen molar-refractivity contribution in [1.29, 1.82) is 0 Å². The zero-order valence-electron chi connectivity index (χ0n) is 14.8. The number of ether oxygens (including phenoxy) is 2. The van der Waals surface area contributed by atoms with Crippen LogP contribution in [0.5, 0.6) is 5.75 Å². The van der Waals surface area contributed by atoms with E-state index in [0.29, 0.717) is 0 Å². The summed E-state index contributed by atoms with van der Waals surface area (Å²) in [6, 6.07) is 10.4. The molecule has 6 nitrogen and oxygen atoms in total. The second-order valence-electron chi connectivity index (χ2n) is 7.37. The summed E-state index contributed by atoms with van der Waals surface area (Å²) < 4.78 is 11.4. The molecule has 2 aliphatic carbocycles. The van der Waals surface area contributed by atoms with Crippen molar-refractivity contribution in [3.05, 3.63) is 58.9 Å². The fraction of sp³-hybridized carbons (Fsp3) is 0.381. The number of hydrogen-bond donors (Lipinski definition) is 1. The van der Waals surface area contributed by atoms with E-state index < -0.39 is 12.2 Å². The van der Waals surface area contributed by atoms with Crippen molar-refractivity contribution in [2.24, 2.45) is 0 Å². The van der Waals surface area contributed by atoms with Gasteiger partial charge in [0.2, 0.25) is 0 Å². The summed E-state index contributed by atoms with van der Waals surface area (Å²) in [4.78, 5) is 28.0. The number of rotatable bonds is 3. The number of aryl methyl sites for hydroxylation is 2. The van der Waals surface area contributed by atoms with Gasteiger partial charge in [0.05, 0.1) is 11.9 Å². The Morgan fingerprint density at radius 1 is 1.11 bits per heavy atom. The lowest BCUT2D eigenvalue weighted by molar-refractivity contribution is -0.124. The maximum Gasteiger partial charge on any atom is 0.414 e. The highest BCUT2D eigenvalue weighted by Crippen LogP contribution is 2.39. The Hall–Kier alpha value is -2.89. The van der Waals surface area contributed by atoms with Crippen molar-refractivity contribution < 1.29 is 19.1 Å². The second-order valence-corrected chi connectivity index (χ2v) is 7.37. The number of pyridine rings is 1. The zero-order chi connectivity index (χ0) is 18.4. The van der Waals surface area contributed by atoms with Gasteiger partial charge in [0.1, 0.15) is 11.9 Å². The number of aromatic nitrogens is 1. The van der Waals surface area contributed by atoms with Crippen LogP contribution in [0.15, 0.2) is 36.5 Å². The van der Waals surface area contributed by atoms with Crippen molar-refractivity contribution >= 4 is 12.0 Å². The molecule has 6 heteroatoms. The monoisotopic (exact) mass is 364 g/mol. The number of nitrogens with one attached hydrogen (secondary N) is 1. The molecule has 0 saturated carbocycles. The van der Waals surface area contributed by atoms with Crippen molar-refractivity contribution in [3.63, 3.8) is 0 Å². The van der Waals surface area contributed by atoms with Gasteiger partial charge in [-0.15, -0.1) is 0 Å². The number of hydrogen-bond acceptors (Lipinski definition) is 5. The summed E-state index contributed by atoms with van der Waals surface area (Å²) in [6.45, 7) is 0. The van der Waals surface area contributed by atoms with Crippen LogP contribution in [0.4, 0.5) is 4.79 Å². The Morgan fingerprint density at radius 2 is 2.00 bits per heavy atom. The molecule has 1 aromatic carbocycles. The quantitative estimate of drug-likeness (QED) is 0.905. The SMILES string of the molecule is O=C1NC(=O)C([C@@H]2CCCc3cc(OC4CCc5ccccc54)cnc32)O1. The van der Waals surface area contributed by atoms with Gasteiger partial charge in [0.15, 0.2) is 6.10 Å². The summed E-state index contributed by atoms with van der Waals surface area (Å²) >= 11 is 0. The number of cyclic esters (lactones) is 1. The van der Waals surface area contributed by atoms with Crippen molar-refractivity contribution in [1.82, 2.24) is 10.3 Å². The molecule has 0 radical (unpaired) electrons. The van der Waals surface area contributed by atoms with Crippen molar-refractivity contribution in [2.75, 3.05) is 0 Å². The molecule has 1 N–H and O–H groups in total. The normalized spacial score (nSPS) is 26.1. The zero-order valence-corrected chi connectivity index (χ0v) is 14.8. The molecule has 2 heterocycles. The number of benzene rings is 1. The molecule has 138 valence electrons. The highest BCUT2D eigenvalue weighted by molar-refractivity contribution is 6.00. The predicted octanol–water partition coefficient (Wildman–Crippen LogP) is 3.20. The third-order valence-electron chi connectivity index (χ3n) is 5.73.